The van der Waals surface area contributed by atoms with Crippen LogP contribution in [-0.2, 0) is 23.1 Å². The van der Waals surface area contributed by atoms with Gasteiger partial charge in [-0.15, -0.1) is 10.2 Å². The van der Waals surface area contributed by atoms with Crippen LogP contribution in [0.5, 0.6) is 0 Å². The summed E-state index contributed by atoms with van der Waals surface area (Å²) in [6.45, 7) is 2.57. The second-order valence-electron chi connectivity index (χ2n) is 13.8. The zero-order valence-corrected chi connectivity index (χ0v) is 29.6. The van der Waals surface area contributed by atoms with Crippen LogP contribution in [-0.4, -0.2) is 96.0 Å². The molecule has 4 aromatic rings. The lowest BCUT2D eigenvalue weighted by Gasteiger charge is -2.36. The van der Waals surface area contributed by atoms with E-state index in [1.165, 1.54) is 21.9 Å². The van der Waals surface area contributed by atoms with Crippen LogP contribution in [0.15, 0.2) is 65.1 Å². The van der Waals surface area contributed by atoms with Gasteiger partial charge < -0.3 is 24.4 Å². The smallest absolute Gasteiger partial charge is 0.253 e. The largest absolute Gasteiger partial charge is 0.419 e. The molecule has 1 aromatic heterocycles. The topological polar surface area (TPSA) is 136 Å². The molecular formula is C39H42FN7O4. The molecule has 264 valence electrons. The number of aryl methyl sites for hydroxylation is 2. The lowest BCUT2D eigenvalue weighted by atomic mass is 9.68. The molecule has 1 fully saturated rings. The molecule has 0 radical (unpaired) electrons. The highest BCUT2D eigenvalue weighted by Crippen LogP contribution is 2.48. The molecule has 11 nitrogen and oxygen atoms in total. The zero-order valence-electron chi connectivity index (χ0n) is 29.6. The van der Waals surface area contributed by atoms with Crippen LogP contribution in [0, 0.1) is 17.1 Å². The summed E-state index contributed by atoms with van der Waals surface area (Å²) in [6.07, 6.45) is 2.96. The van der Waals surface area contributed by atoms with Crippen molar-refractivity contribution < 1.29 is 23.2 Å². The number of hydrogen-bond acceptors (Lipinski definition) is 8. The van der Waals surface area contributed by atoms with Crippen molar-refractivity contribution in [1.29, 1.82) is 5.26 Å². The molecular weight excluding hydrogens is 649 g/mol. The molecule has 0 saturated carbocycles. The minimum absolute atomic E-state index is 0.0341. The molecule has 3 amide bonds. The summed E-state index contributed by atoms with van der Waals surface area (Å²) in [5, 5.41) is 22.1. The van der Waals surface area contributed by atoms with Gasteiger partial charge in [0.05, 0.1) is 12.6 Å². The third-order valence-corrected chi connectivity index (χ3v) is 9.92. The van der Waals surface area contributed by atoms with Gasteiger partial charge in [-0.25, -0.2) is 4.39 Å². The van der Waals surface area contributed by atoms with Crippen LogP contribution in [0.2, 0.25) is 0 Å². The molecule has 1 aliphatic carbocycles. The first-order valence-corrected chi connectivity index (χ1v) is 17.2. The second kappa shape index (κ2) is 14.4. The first-order chi connectivity index (χ1) is 24.4. The van der Waals surface area contributed by atoms with Gasteiger partial charge in [-0.1, -0.05) is 12.1 Å². The molecule has 2 atom stereocenters. The molecule has 1 aliphatic heterocycles. The van der Waals surface area contributed by atoms with E-state index in [2.05, 4.69) is 21.6 Å². The highest BCUT2D eigenvalue weighted by molar-refractivity contribution is 5.95. The highest BCUT2D eigenvalue weighted by atomic mass is 19.1. The normalized spacial score (nSPS) is 16.7. The molecule has 3 aromatic carbocycles. The number of nitriles is 1. The number of benzene rings is 3. The highest BCUT2D eigenvalue weighted by Gasteiger charge is 2.47. The van der Waals surface area contributed by atoms with Crippen molar-refractivity contribution in [3.8, 4) is 17.5 Å². The lowest BCUT2D eigenvalue weighted by molar-refractivity contribution is -0.130. The summed E-state index contributed by atoms with van der Waals surface area (Å²) in [4.78, 5) is 44.3. The molecule has 1 N–H and O–H groups in total. The Bertz CT molecular complexity index is 1930. The van der Waals surface area contributed by atoms with Crippen LogP contribution in [0.4, 0.5) is 4.39 Å². The first kappa shape index (κ1) is 35.4. The maximum Gasteiger partial charge on any atom is 0.253 e. The summed E-state index contributed by atoms with van der Waals surface area (Å²) < 4.78 is 20.4. The van der Waals surface area contributed by atoms with Crippen molar-refractivity contribution in [3.05, 3.63) is 106 Å². The fourth-order valence-corrected chi connectivity index (χ4v) is 7.37. The van der Waals surface area contributed by atoms with Crippen LogP contribution < -0.4 is 5.32 Å². The average Bonchev–Trinajstić information content (AvgIpc) is 3.80. The van der Waals surface area contributed by atoms with Crippen LogP contribution >= 0.6 is 0 Å². The minimum atomic E-state index is -1.09. The minimum Gasteiger partial charge on any atom is -0.419 e. The quantitative estimate of drug-likeness (QED) is 0.269. The number of nitrogens with one attached hydrogen (secondary N) is 1. The number of fused-ring (bicyclic) bond motifs is 2. The fourth-order valence-electron chi connectivity index (χ4n) is 7.37. The number of carbonyl (C=O) groups is 3. The van der Waals surface area contributed by atoms with Crippen molar-refractivity contribution >= 4 is 17.7 Å². The number of amides is 3. The number of aromatic nitrogens is 2. The fraction of sp³-hybridized carbons (Fsp3) is 0.385. The van der Waals surface area contributed by atoms with Crippen molar-refractivity contribution in [3.63, 3.8) is 0 Å². The van der Waals surface area contributed by atoms with Crippen molar-refractivity contribution in [1.82, 2.24) is 30.2 Å². The number of carbonyl (C=O) groups excluding carboxylic acids is 3. The molecule has 0 spiro atoms. The predicted octanol–water partition coefficient (Wildman–Crippen LogP) is 4.60. The zero-order chi connectivity index (χ0) is 36.4. The van der Waals surface area contributed by atoms with Crippen molar-refractivity contribution in [2.45, 2.75) is 56.5 Å². The van der Waals surface area contributed by atoms with Gasteiger partial charge in [-0.05, 0) is 110 Å². The van der Waals surface area contributed by atoms with Gasteiger partial charge in [0.1, 0.15) is 17.3 Å². The Hall–Kier alpha value is -5.41. The summed E-state index contributed by atoms with van der Waals surface area (Å²) in [7, 11) is 6.84. The van der Waals surface area contributed by atoms with E-state index in [0.717, 1.165) is 28.7 Å². The summed E-state index contributed by atoms with van der Waals surface area (Å²) in [5.74, 6) is -0.302. The van der Waals surface area contributed by atoms with Crippen LogP contribution in [0.3, 0.4) is 0 Å². The van der Waals surface area contributed by atoms with E-state index in [1.807, 2.05) is 31.2 Å². The van der Waals surface area contributed by atoms with Gasteiger partial charge in [0, 0.05) is 57.5 Å². The Morgan fingerprint density at radius 3 is 2.10 bits per heavy atom. The number of halogens is 1. The molecule has 6 rings (SSSR count). The summed E-state index contributed by atoms with van der Waals surface area (Å²) in [5.41, 5.74) is 4.08. The van der Waals surface area contributed by atoms with E-state index < -0.39 is 17.3 Å². The van der Waals surface area contributed by atoms with E-state index in [4.69, 9.17) is 4.42 Å². The Kier molecular flexibility index (Phi) is 10.0. The average molecular weight is 692 g/mol. The van der Waals surface area contributed by atoms with E-state index in [9.17, 15) is 24.0 Å². The molecule has 2 heterocycles. The number of hydrogen-bond donors (Lipinski definition) is 1. The maximum atomic E-state index is 13.9. The Morgan fingerprint density at radius 2 is 1.55 bits per heavy atom. The Labute approximate surface area is 297 Å². The number of rotatable bonds is 9. The molecule has 2 aliphatic rings. The van der Waals surface area contributed by atoms with E-state index in [1.54, 1.807) is 57.4 Å². The number of nitrogens with zero attached hydrogens (tertiary/aromatic N) is 6. The SMILES string of the molecule is C[C@H](CC1(c2nnc(-c3ccc(F)cc3)o2)c2ccc(C(=O)N(C)C)cc2CCc2cc(C(=O)N(C)C)ccc21)NCC(=O)N1CCC[C@H]1C#N. The van der Waals surface area contributed by atoms with Crippen LogP contribution in [0.25, 0.3) is 11.5 Å². The van der Waals surface area contributed by atoms with Gasteiger partial charge in [-0.2, -0.15) is 5.26 Å². The van der Waals surface area contributed by atoms with Gasteiger partial charge in [0.15, 0.2) is 0 Å². The van der Waals surface area contributed by atoms with Crippen molar-refractivity contribution in [2.75, 3.05) is 41.3 Å². The van der Waals surface area contributed by atoms with Gasteiger partial charge >= 0.3 is 0 Å². The molecule has 1 saturated heterocycles. The molecule has 51 heavy (non-hydrogen) atoms. The predicted molar refractivity (Wildman–Crippen MR) is 188 cm³/mol. The van der Waals surface area contributed by atoms with Gasteiger partial charge in [0.2, 0.25) is 17.7 Å². The maximum absolute atomic E-state index is 13.9. The standard InChI is InChI=1S/C39H42FN7O4/c1-24(42-23-34(48)47-18-6-7-31(47)22-41)21-39(38-44-43-35(51-38)25-10-14-30(40)15-11-25)32-16-12-28(36(49)45(2)3)19-26(32)8-9-27-20-29(13-17-33(27)39)37(50)46(4)5/h10-17,19-20,24,31,42H,6-9,18,21,23H2,1-5H3/t24-,31+/m1/s1. The Morgan fingerprint density at radius 1 is 0.961 bits per heavy atom. The lowest BCUT2D eigenvalue weighted by Crippen LogP contribution is -2.45. The third-order valence-electron chi connectivity index (χ3n) is 9.92. The number of likely N-dealkylation sites (tertiary alicyclic amines) is 1. The van der Waals surface area contributed by atoms with Gasteiger partial charge in [-0.3, -0.25) is 14.4 Å². The molecule has 12 heteroatoms. The van der Waals surface area contributed by atoms with Crippen molar-refractivity contribution in [2.24, 2.45) is 0 Å². The summed E-state index contributed by atoms with van der Waals surface area (Å²) in [6, 6.07) is 18.7. The van der Waals surface area contributed by atoms with E-state index in [-0.39, 0.29) is 42.1 Å². The monoisotopic (exact) mass is 691 g/mol. The van der Waals surface area contributed by atoms with E-state index >= 15 is 0 Å². The van der Waals surface area contributed by atoms with E-state index in [0.29, 0.717) is 48.9 Å². The molecule has 0 bridgehead atoms. The van der Waals surface area contributed by atoms with Gasteiger partial charge in [0.25, 0.3) is 11.8 Å². The third kappa shape index (κ3) is 6.86. The first-order valence-electron chi connectivity index (χ1n) is 17.2. The second-order valence-corrected chi connectivity index (χ2v) is 13.8. The summed E-state index contributed by atoms with van der Waals surface area (Å²) >= 11 is 0. The Balaban J connectivity index is 1.51. The van der Waals surface area contributed by atoms with Crippen LogP contribution in [0.1, 0.15) is 75.0 Å². The molecule has 0 unspecified atom stereocenters.